The van der Waals surface area contributed by atoms with Gasteiger partial charge in [0, 0.05) is 6.42 Å². The summed E-state index contributed by atoms with van der Waals surface area (Å²) in [7, 11) is 0. The van der Waals surface area contributed by atoms with Gasteiger partial charge in [-0.3, -0.25) is 0 Å². The Morgan fingerprint density at radius 3 is 2.78 bits per heavy atom. The second-order valence-electron chi connectivity index (χ2n) is 2.16. The highest BCUT2D eigenvalue weighted by Crippen LogP contribution is 2.11. The van der Waals surface area contributed by atoms with Gasteiger partial charge in [-0.15, -0.1) is 6.58 Å². The van der Waals surface area contributed by atoms with Crippen molar-refractivity contribution in [1.29, 1.82) is 5.26 Å². The van der Waals surface area contributed by atoms with Crippen LogP contribution in [0.5, 0.6) is 0 Å². The molecule has 0 fully saturated rings. The van der Waals surface area contributed by atoms with Crippen LogP contribution in [0.4, 0.5) is 0 Å². The third kappa shape index (κ3) is 3.78. The number of hydrogen-bond donors (Lipinski definition) is 0. The fourth-order valence-electron chi connectivity index (χ4n) is 0.759. The van der Waals surface area contributed by atoms with E-state index in [9.17, 15) is 0 Å². The van der Waals surface area contributed by atoms with Gasteiger partial charge in [0.2, 0.25) is 0 Å². The maximum Gasteiger partial charge on any atom is 0.0624 e. The van der Waals surface area contributed by atoms with Crippen LogP contribution >= 0.6 is 0 Å². The lowest BCUT2D eigenvalue weighted by atomic mass is 10.00. The quantitative estimate of drug-likeness (QED) is 0.527. The van der Waals surface area contributed by atoms with Crippen LogP contribution in [-0.2, 0) is 0 Å². The normalized spacial score (nSPS) is 12.0. The average molecular weight is 123 g/mol. The van der Waals surface area contributed by atoms with E-state index in [1.807, 2.05) is 6.08 Å². The number of nitriles is 1. The Balaban J connectivity index is 3.43. The van der Waals surface area contributed by atoms with Crippen molar-refractivity contribution in [2.24, 2.45) is 5.92 Å². The fourth-order valence-corrected chi connectivity index (χ4v) is 0.759. The predicted octanol–water partition coefficient (Wildman–Crippen LogP) is 2.50. The molecule has 0 amide bonds. The van der Waals surface area contributed by atoms with Gasteiger partial charge in [0.15, 0.2) is 0 Å². The van der Waals surface area contributed by atoms with E-state index < -0.39 is 0 Å². The summed E-state index contributed by atoms with van der Waals surface area (Å²) in [6, 6.07) is 2.16. The first-order chi connectivity index (χ1) is 4.35. The highest BCUT2D eigenvalue weighted by molar-refractivity contribution is 4.80. The van der Waals surface area contributed by atoms with Crippen molar-refractivity contribution >= 4 is 0 Å². The Hall–Kier alpha value is -0.770. The Morgan fingerprint density at radius 1 is 1.78 bits per heavy atom. The molecule has 0 aromatic rings. The standard InChI is InChI=1S/C8H13N/c1-3-5-8(4-2)6-7-9/h3,8H,1,4-6H2,2H3. The molecular weight excluding hydrogens is 110 g/mol. The topological polar surface area (TPSA) is 23.8 Å². The van der Waals surface area contributed by atoms with Crippen LogP contribution in [0, 0.1) is 17.2 Å². The van der Waals surface area contributed by atoms with E-state index >= 15 is 0 Å². The summed E-state index contributed by atoms with van der Waals surface area (Å²) in [5.74, 6) is 0.535. The van der Waals surface area contributed by atoms with Crippen molar-refractivity contribution in [2.75, 3.05) is 0 Å². The second kappa shape index (κ2) is 5.37. The van der Waals surface area contributed by atoms with Gasteiger partial charge in [0.1, 0.15) is 0 Å². The van der Waals surface area contributed by atoms with Gasteiger partial charge in [0.25, 0.3) is 0 Å². The largest absolute Gasteiger partial charge is 0.198 e. The maximum absolute atomic E-state index is 8.31. The maximum atomic E-state index is 8.31. The number of hydrogen-bond acceptors (Lipinski definition) is 1. The molecule has 0 saturated heterocycles. The smallest absolute Gasteiger partial charge is 0.0624 e. The molecule has 1 heteroatoms. The molecule has 0 aliphatic heterocycles. The van der Waals surface area contributed by atoms with E-state index in [0.717, 1.165) is 12.8 Å². The lowest BCUT2D eigenvalue weighted by Gasteiger charge is -2.04. The van der Waals surface area contributed by atoms with Crippen molar-refractivity contribution in [1.82, 2.24) is 0 Å². The lowest BCUT2D eigenvalue weighted by molar-refractivity contribution is 0.529. The van der Waals surface area contributed by atoms with E-state index in [1.165, 1.54) is 0 Å². The number of allylic oxidation sites excluding steroid dienone is 1. The number of rotatable bonds is 4. The molecule has 1 atom stereocenters. The third-order valence-corrected chi connectivity index (χ3v) is 1.46. The summed E-state index contributed by atoms with van der Waals surface area (Å²) in [5.41, 5.74) is 0. The molecule has 0 bridgehead atoms. The van der Waals surface area contributed by atoms with Gasteiger partial charge in [0.05, 0.1) is 6.07 Å². The molecule has 1 nitrogen and oxygen atoms in total. The SMILES string of the molecule is C=CCC(CC)CC#N. The van der Waals surface area contributed by atoms with Crippen LogP contribution in [0.15, 0.2) is 12.7 Å². The van der Waals surface area contributed by atoms with Crippen molar-refractivity contribution in [2.45, 2.75) is 26.2 Å². The Kier molecular flexibility index (Phi) is 4.91. The number of nitrogens with zero attached hydrogens (tertiary/aromatic N) is 1. The van der Waals surface area contributed by atoms with Crippen molar-refractivity contribution in [3.8, 4) is 6.07 Å². The monoisotopic (exact) mass is 123 g/mol. The molecule has 50 valence electrons. The molecule has 9 heavy (non-hydrogen) atoms. The summed E-state index contributed by atoms with van der Waals surface area (Å²) < 4.78 is 0. The molecule has 1 unspecified atom stereocenters. The molecule has 0 aromatic carbocycles. The highest BCUT2D eigenvalue weighted by atomic mass is 14.2. The molecule has 0 aromatic heterocycles. The van der Waals surface area contributed by atoms with Crippen LogP contribution in [0.25, 0.3) is 0 Å². The first kappa shape index (κ1) is 8.23. The minimum atomic E-state index is 0.535. The highest BCUT2D eigenvalue weighted by Gasteiger charge is 2.00. The van der Waals surface area contributed by atoms with E-state index in [-0.39, 0.29) is 0 Å². The Bertz CT molecular complexity index is 110. The third-order valence-electron chi connectivity index (χ3n) is 1.46. The molecule has 0 radical (unpaired) electrons. The summed E-state index contributed by atoms with van der Waals surface area (Å²) in [5, 5.41) is 8.31. The van der Waals surface area contributed by atoms with Gasteiger partial charge in [-0.05, 0) is 12.3 Å². The predicted molar refractivity (Wildman–Crippen MR) is 38.8 cm³/mol. The molecule has 0 N–H and O–H groups in total. The molecule has 0 aliphatic rings. The van der Waals surface area contributed by atoms with Crippen molar-refractivity contribution < 1.29 is 0 Å². The van der Waals surface area contributed by atoms with E-state index in [2.05, 4.69) is 19.6 Å². The minimum absolute atomic E-state index is 0.535. The van der Waals surface area contributed by atoms with Gasteiger partial charge in [-0.25, -0.2) is 0 Å². The second-order valence-corrected chi connectivity index (χ2v) is 2.16. The first-order valence-corrected chi connectivity index (χ1v) is 3.33. The zero-order valence-electron chi connectivity index (χ0n) is 5.93. The fraction of sp³-hybridized carbons (Fsp3) is 0.625. The van der Waals surface area contributed by atoms with E-state index in [0.29, 0.717) is 12.3 Å². The van der Waals surface area contributed by atoms with Crippen LogP contribution < -0.4 is 0 Å². The molecule has 0 heterocycles. The summed E-state index contributed by atoms with van der Waals surface area (Å²) in [4.78, 5) is 0. The van der Waals surface area contributed by atoms with Gasteiger partial charge in [-0.1, -0.05) is 19.4 Å². The van der Waals surface area contributed by atoms with Gasteiger partial charge < -0.3 is 0 Å². The van der Waals surface area contributed by atoms with Crippen LogP contribution in [-0.4, -0.2) is 0 Å². The summed E-state index contributed by atoms with van der Waals surface area (Å²) in [6.45, 7) is 5.72. The van der Waals surface area contributed by atoms with Crippen molar-refractivity contribution in [3.05, 3.63) is 12.7 Å². The molecule has 0 saturated carbocycles. The molecular formula is C8H13N. The Labute approximate surface area is 57.0 Å². The summed E-state index contributed by atoms with van der Waals surface area (Å²) >= 11 is 0. The van der Waals surface area contributed by atoms with E-state index in [1.54, 1.807) is 0 Å². The molecule has 0 aliphatic carbocycles. The van der Waals surface area contributed by atoms with Gasteiger partial charge >= 0.3 is 0 Å². The zero-order valence-corrected chi connectivity index (χ0v) is 5.93. The van der Waals surface area contributed by atoms with E-state index in [4.69, 9.17) is 5.26 Å². The zero-order chi connectivity index (χ0) is 7.11. The van der Waals surface area contributed by atoms with Crippen molar-refractivity contribution in [3.63, 3.8) is 0 Å². The van der Waals surface area contributed by atoms with Crippen LogP contribution in [0.1, 0.15) is 26.2 Å². The first-order valence-electron chi connectivity index (χ1n) is 3.33. The Morgan fingerprint density at radius 2 is 2.44 bits per heavy atom. The summed E-state index contributed by atoms with van der Waals surface area (Å²) in [6.07, 6.45) is 4.61. The lowest BCUT2D eigenvalue weighted by Crippen LogP contribution is -1.93. The van der Waals surface area contributed by atoms with Gasteiger partial charge in [-0.2, -0.15) is 5.26 Å². The van der Waals surface area contributed by atoms with Crippen LogP contribution in [0.2, 0.25) is 0 Å². The average Bonchev–Trinajstić information content (AvgIpc) is 1.88. The van der Waals surface area contributed by atoms with Crippen LogP contribution in [0.3, 0.4) is 0 Å². The molecule has 0 spiro atoms. The minimum Gasteiger partial charge on any atom is -0.198 e. The molecule has 0 rings (SSSR count).